The number of nitrogens with zero attached hydrogens (tertiary/aromatic N) is 4. The van der Waals surface area contributed by atoms with Gasteiger partial charge in [0.05, 0.1) is 26.2 Å². The summed E-state index contributed by atoms with van der Waals surface area (Å²) >= 11 is 0. The predicted octanol–water partition coefficient (Wildman–Crippen LogP) is 3.43. The van der Waals surface area contributed by atoms with Crippen molar-refractivity contribution in [1.82, 2.24) is 19.5 Å². The van der Waals surface area contributed by atoms with E-state index in [1.54, 1.807) is 43.3 Å². The van der Waals surface area contributed by atoms with Gasteiger partial charge in [-0.1, -0.05) is 0 Å². The van der Waals surface area contributed by atoms with Gasteiger partial charge in [0, 0.05) is 12.7 Å². The first-order chi connectivity index (χ1) is 13.2. The summed E-state index contributed by atoms with van der Waals surface area (Å²) in [6.07, 6.45) is 3.50. The lowest BCUT2D eigenvalue weighted by Crippen LogP contribution is -2.18. The number of rotatable bonds is 5. The molecule has 142 valence electrons. The fourth-order valence-corrected chi connectivity index (χ4v) is 3.16. The van der Waals surface area contributed by atoms with Gasteiger partial charge in [0.25, 0.3) is 0 Å². The van der Waals surface area contributed by atoms with E-state index in [1.165, 1.54) is 0 Å². The van der Waals surface area contributed by atoms with Crippen LogP contribution in [0.1, 0.15) is 25.5 Å². The highest BCUT2D eigenvalue weighted by Crippen LogP contribution is 2.33. The molecular weight excluding hydrogens is 353 g/mol. The van der Waals surface area contributed by atoms with Crippen LogP contribution in [-0.4, -0.2) is 40.3 Å². The molecule has 27 heavy (non-hydrogen) atoms. The predicted molar refractivity (Wildman–Crippen MR) is 96.9 cm³/mol. The van der Waals surface area contributed by atoms with Crippen molar-refractivity contribution in [2.24, 2.45) is 0 Å². The Kier molecular flexibility index (Phi) is 4.76. The number of hydrogen-bond donors (Lipinski definition) is 1. The number of benzene rings is 1. The quantitative estimate of drug-likeness (QED) is 0.686. The van der Waals surface area contributed by atoms with E-state index < -0.39 is 6.08 Å². The Morgan fingerprint density at radius 3 is 2.85 bits per heavy atom. The van der Waals surface area contributed by atoms with Crippen LogP contribution in [0.2, 0.25) is 0 Å². The van der Waals surface area contributed by atoms with Crippen molar-refractivity contribution in [3.8, 4) is 11.5 Å². The second kappa shape index (κ2) is 7.36. The zero-order valence-corrected chi connectivity index (χ0v) is 15.1. The summed E-state index contributed by atoms with van der Waals surface area (Å²) in [5, 5.41) is 3.09. The minimum Gasteiger partial charge on any atom is -0.497 e. The zero-order chi connectivity index (χ0) is 18.8. The van der Waals surface area contributed by atoms with Crippen LogP contribution in [0.15, 0.2) is 24.5 Å². The molecule has 4 rings (SSSR count). The van der Waals surface area contributed by atoms with Crippen molar-refractivity contribution in [1.29, 1.82) is 0 Å². The molecule has 0 spiro atoms. The monoisotopic (exact) mass is 373 g/mol. The minimum atomic E-state index is -0.838. The highest BCUT2D eigenvalue weighted by molar-refractivity contribution is 5.86. The summed E-state index contributed by atoms with van der Waals surface area (Å²) in [5.74, 6) is 1.45. The van der Waals surface area contributed by atoms with Crippen molar-refractivity contribution in [3.05, 3.63) is 30.6 Å². The van der Waals surface area contributed by atoms with E-state index in [2.05, 4.69) is 20.3 Å². The molecule has 1 fully saturated rings. The smallest absolute Gasteiger partial charge is 0.312 e. The van der Waals surface area contributed by atoms with Gasteiger partial charge in [0.15, 0.2) is 17.0 Å². The zero-order valence-electron chi connectivity index (χ0n) is 15.1. The molecule has 0 amide bonds. The SMILES string of the molecule is COc1ccc(Nc2nc(F)nc3c2ncn3C2CCCCO2)c(OC)c1. The van der Waals surface area contributed by atoms with Gasteiger partial charge >= 0.3 is 6.08 Å². The summed E-state index contributed by atoms with van der Waals surface area (Å²) in [4.78, 5) is 12.2. The lowest BCUT2D eigenvalue weighted by Gasteiger charge is -2.23. The van der Waals surface area contributed by atoms with Gasteiger partial charge in [-0.25, -0.2) is 4.98 Å². The van der Waals surface area contributed by atoms with Crippen molar-refractivity contribution in [2.45, 2.75) is 25.5 Å². The van der Waals surface area contributed by atoms with E-state index in [-0.39, 0.29) is 12.0 Å². The first kappa shape index (κ1) is 17.5. The third-order valence-corrected chi connectivity index (χ3v) is 4.52. The number of methoxy groups -OCH3 is 2. The second-order valence-electron chi connectivity index (χ2n) is 6.18. The third kappa shape index (κ3) is 3.37. The van der Waals surface area contributed by atoms with Crippen molar-refractivity contribution in [3.63, 3.8) is 0 Å². The molecule has 1 aromatic carbocycles. The molecule has 8 nitrogen and oxygen atoms in total. The highest BCUT2D eigenvalue weighted by Gasteiger charge is 2.22. The fraction of sp³-hybridized carbons (Fsp3) is 0.389. The van der Waals surface area contributed by atoms with Crippen LogP contribution in [0, 0.1) is 6.08 Å². The Hall–Kier alpha value is -2.94. The molecule has 1 aliphatic heterocycles. The number of ether oxygens (including phenoxy) is 3. The molecule has 1 N–H and O–H groups in total. The lowest BCUT2D eigenvalue weighted by molar-refractivity contribution is -0.0298. The van der Waals surface area contributed by atoms with Crippen LogP contribution in [0.4, 0.5) is 15.9 Å². The summed E-state index contributed by atoms with van der Waals surface area (Å²) in [6, 6.07) is 5.27. The van der Waals surface area contributed by atoms with Crippen molar-refractivity contribution in [2.75, 3.05) is 26.1 Å². The maximum atomic E-state index is 14.1. The van der Waals surface area contributed by atoms with Crippen molar-refractivity contribution >= 4 is 22.7 Å². The number of nitrogens with one attached hydrogen (secondary N) is 1. The highest BCUT2D eigenvalue weighted by atomic mass is 19.1. The van der Waals surface area contributed by atoms with E-state index in [1.807, 2.05) is 0 Å². The van der Waals surface area contributed by atoms with Crippen LogP contribution in [0.25, 0.3) is 11.2 Å². The van der Waals surface area contributed by atoms with Crippen molar-refractivity contribution < 1.29 is 18.6 Å². The van der Waals surface area contributed by atoms with E-state index in [9.17, 15) is 4.39 Å². The van der Waals surface area contributed by atoms with Gasteiger partial charge in [-0.3, -0.25) is 4.57 Å². The largest absolute Gasteiger partial charge is 0.497 e. The molecule has 1 aliphatic rings. The molecule has 0 aliphatic carbocycles. The first-order valence-electron chi connectivity index (χ1n) is 8.70. The summed E-state index contributed by atoms with van der Waals surface area (Å²) in [6.45, 7) is 0.673. The van der Waals surface area contributed by atoms with E-state index >= 15 is 0 Å². The maximum absolute atomic E-state index is 14.1. The summed E-state index contributed by atoms with van der Waals surface area (Å²) in [5.41, 5.74) is 1.47. The average Bonchev–Trinajstić information content (AvgIpc) is 3.12. The van der Waals surface area contributed by atoms with Gasteiger partial charge in [-0.2, -0.15) is 14.4 Å². The topological polar surface area (TPSA) is 83.3 Å². The molecule has 0 radical (unpaired) electrons. The van der Waals surface area contributed by atoms with Gasteiger partial charge in [0.2, 0.25) is 0 Å². The molecular formula is C18H20FN5O3. The number of hydrogen-bond acceptors (Lipinski definition) is 7. The third-order valence-electron chi connectivity index (χ3n) is 4.52. The molecule has 9 heteroatoms. The average molecular weight is 373 g/mol. The molecule has 3 aromatic rings. The Labute approximate surface area is 155 Å². The second-order valence-corrected chi connectivity index (χ2v) is 6.18. The number of imidazole rings is 1. The van der Waals surface area contributed by atoms with Crippen LogP contribution in [-0.2, 0) is 4.74 Å². The number of halogens is 1. The number of fused-ring (bicyclic) bond motifs is 1. The Morgan fingerprint density at radius 2 is 2.11 bits per heavy atom. The van der Waals surface area contributed by atoms with Crippen LogP contribution >= 0.6 is 0 Å². The lowest BCUT2D eigenvalue weighted by atomic mass is 10.2. The van der Waals surface area contributed by atoms with E-state index in [0.717, 1.165) is 19.3 Å². The van der Waals surface area contributed by atoms with E-state index in [0.29, 0.717) is 35.0 Å². The molecule has 1 atom stereocenters. The standard InChI is InChI=1S/C18H20FN5O3/c1-25-11-6-7-12(13(9-11)26-2)21-16-15-17(23-18(19)22-16)24(10-20-15)14-5-3-4-8-27-14/h6-7,9-10,14H,3-5,8H2,1-2H3,(H,21,22,23). The molecule has 3 heterocycles. The van der Waals surface area contributed by atoms with Crippen LogP contribution in [0.3, 0.4) is 0 Å². The van der Waals surface area contributed by atoms with Gasteiger partial charge < -0.3 is 19.5 Å². The minimum absolute atomic E-state index is 0.193. The Balaban J connectivity index is 1.73. The molecule has 0 bridgehead atoms. The maximum Gasteiger partial charge on any atom is 0.312 e. The van der Waals surface area contributed by atoms with Gasteiger partial charge in [-0.05, 0) is 31.4 Å². The fourth-order valence-electron chi connectivity index (χ4n) is 3.16. The molecule has 2 aromatic heterocycles. The normalized spacial score (nSPS) is 17.1. The van der Waals surface area contributed by atoms with Gasteiger partial charge in [0.1, 0.15) is 17.7 Å². The Bertz CT molecular complexity index is 956. The number of aromatic nitrogens is 4. The van der Waals surface area contributed by atoms with Crippen LogP contribution in [0.5, 0.6) is 11.5 Å². The molecule has 1 saturated heterocycles. The number of anilines is 2. The Morgan fingerprint density at radius 1 is 1.22 bits per heavy atom. The van der Waals surface area contributed by atoms with Gasteiger partial charge in [-0.15, -0.1) is 0 Å². The summed E-state index contributed by atoms with van der Waals surface area (Å²) < 4.78 is 32.2. The van der Waals surface area contributed by atoms with E-state index in [4.69, 9.17) is 14.2 Å². The first-order valence-corrected chi connectivity index (χ1v) is 8.70. The molecule has 1 unspecified atom stereocenters. The molecule has 0 saturated carbocycles. The summed E-state index contributed by atoms with van der Waals surface area (Å²) in [7, 11) is 3.12. The van der Waals surface area contributed by atoms with Crippen LogP contribution < -0.4 is 14.8 Å².